The van der Waals surface area contributed by atoms with Gasteiger partial charge in [-0.25, -0.2) is 4.98 Å². The normalized spacial score (nSPS) is 17.7. The second kappa shape index (κ2) is 5.37. The van der Waals surface area contributed by atoms with Crippen LogP contribution in [0.1, 0.15) is 18.2 Å². The first-order valence-corrected chi connectivity index (χ1v) is 8.14. The molecule has 120 valence electrons. The highest BCUT2D eigenvalue weighted by Gasteiger charge is 2.21. The maximum Gasteiger partial charge on any atom is 0.219 e. The Morgan fingerprint density at radius 3 is 2.70 bits per heavy atom. The molecule has 2 aliphatic rings. The standard InChI is InChI=1S/C17H21N5O/c1-12-15-9-14(21-7-5-20(6-8-21)13(2)23)10-19-17(15)22-4-3-18-11-16(12)22/h9-11H,3-8H2,1-2H3. The Labute approximate surface area is 135 Å². The van der Waals surface area contributed by atoms with E-state index in [0.29, 0.717) is 0 Å². The van der Waals surface area contributed by atoms with Crippen LogP contribution in [-0.2, 0) is 11.3 Å². The molecule has 6 heteroatoms. The number of hydrogen-bond acceptors (Lipinski definition) is 4. The molecular weight excluding hydrogens is 290 g/mol. The zero-order valence-corrected chi connectivity index (χ0v) is 13.6. The van der Waals surface area contributed by atoms with Crippen molar-refractivity contribution in [1.82, 2.24) is 14.5 Å². The third-order valence-corrected chi connectivity index (χ3v) is 4.94. The molecule has 0 spiro atoms. The quantitative estimate of drug-likeness (QED) is 0.801. The fourth-order valence-corrected chi connectivity index (χ4v) is 3.55. The minimum absolute atomic E-state index is 0.161. The van der Waals surface area contributed by atoms with Crippen LogP contribution in [0.15, 0.2) is 17.3 Å². The summed E-state index contributed by atoms with van der Waals surface area (Å²) in [6.07, 6.45) is 3.93. The molecule has 2 aliphatic heterocycles. The Morgan fingerprint density at radius 1 is 1.17 bits per heavy atom. The largest absolute Gasteiger partial charge is 0.367 e. The van der Waals surface area contributed by atoms with E-state index in [1.54, 1.807) is 6.92 Å². The van der Waals surface area contributed by atoms with Crippen LogP contribution in [0.5, 0.6) is 0 Å². The van der Waals surface area contributed by atoms with Crippen molar-refractivity contribution in [3.05, 3.63) is 23.5 Å². The summed E-state index contributed by atoms with van der Waals surface area (Å²) < 4.78 is 2.26. The molecule has 0 aromatic carbocycles. The van der Waals surface area contributed by atoms with Gasteiger partial charge in [-0.1, -0.05) is 0 Å². The van der Waals surface area contributed by atoms with Crippen molar-refractivity contribution in [2.75, 3.05) is 37.6 Å². The Morgan fingerprint density at radius 2 is 1.96 bits per heavy atom. The number of hydrogen-bond donors (Lipinski definition) is 0. The molecule has 0 aliphatic carbocycles. The molecule has 4 heterocycles. The van der Waals surface area contributed by atoms with Gasteiger partial charge in [0.05, 0.1) is 24.1 Å². The monoisotopic (exact) mass is 311 g/mol. The number of aliphatic imine (C=N–C) groups is 1. The third-order valence-electron chi connectivity index (χ3n) is 4.94. The molecular formula is C17H21N5O. The lowest BCUT2D eigenvalue weighted by atomic mass is 10.1. The molecule has 0 saturated carbocycles. The first kappa shape index (κ1) is 14.2. The summed E-state index contributed by atoms with van der Waals surface area (Å²) in [5, 5.41) is 1.21. The van der Waals surface area contributed by atoms with Crippen molar-refractivity contribution >= 4 is 28.8 Å². The molecule has 0 N–H and O–H groups in total. The average molecular weight is 311 g/mol. The van der Waals surface area contributed by atoms with E-state index in [0.717, 1.165) is 50.6 Å². The van der Waals surface area contributed by atoms with Gasteiger partial charge < -0.3 is 14.4 Å². The van der Waals surface area contributed by atoms with Crippen molar-refractivity contribution in [2.45, 2.75) is 20.4 Å². The van der Waals surface area contributed by atoms with Crippen LogP contribution in [0.3, 0.4) is 0 Å². The highest BCUT2D eigenvalue weighted by atomic mass is 16.2. The Kier molecular flexibility index (Phi) is 3.32. The Bertz CT molecular complexity index is 799. The summed E-state index contributed by atoms with van der Waals surface area (Å²) >= 11 is 0. The van der Waals surface area contributed by atoms with Crippen molar-refractivity contribution < 1.29 is 4.79 Å². The van der Waals surface area contributed by atoms with Gasteiger partial charge in [0, 0.05) is 51.2 Å². The molecule has 0 bridgehead atoms. The minimum Gasteiger partial charge on any atom is -0.367 e. The van der Waals surface area contributed by atoms with Gasteiger partial charge in [0.2, 0.25) is 5.91 Å². The zero-order chi connectivity index (χ0) is 16.0. The summed E-state index contributed by atoms with van der Waals surface area (Å²) in [7, 11) is 0. The first-order valence-electron chi connectivity index (χ1n) is 8.14. The number of carbonyl (C=O) groups excluding carboxylic acids is 1. The van der Waals surface area contributed by atoms with Gasteiger partial charge in [0.25, 0.3) is 0 Å². The molecule has 2 aromatic heterocycles. The number of piperazine rings is 1. The van der Waals surface area contributed by atoms with Crippen LogP contribution in [-0.4, -0.2) is 59.3 Å². The van der Waals surface area contributed by atoms with Gasteiger partial charge in [-0.3, -0.25) is 9.79 Å². The van der Waals surface area contributed by atoms with E-state index in [1.165, 1.54) is 16.6 Å². The molecule has 6 nitrogen and oxygen atoms in total. The molecule has 2 aromatic rings. The predicted octanol–water partition coefficient (Wildman–Crippen LogP) is 1.45. The van der Waals surface area contributed by atoms with Crippen LogP contribution < -0.4 is 4.90 Å². The summed E-state index contributed by atoms with van der Waals surface area (Å²) in [6, 6.07) is 2.24. The summed E-state index contributed by atoms with van der Waals surface area (Å²) in [5.41, 5.74) is 4.62. The van der Waals surface area contributed by atoms with E-state index in [2.05, 4.69) is 27.4 Å². The van der Waals surface area contributed by atoms with Gasteiger partial charge in [-0.15, -0.1) is 0 Å². The number of fused-ring (bicyclic) bond motifs is 3. The number of aryl methyl sites for hydroxylation is 1. The van der Waals surface area contributed by atoms with Crippen LogP contribution in [0.2, 0.25) is 0 Å². The lowest BCUT2D eigenvalue weighted by molar-refractivity contribution is -0.129. The van der Waals surface area contributed by atoms with Crippen molar-refractivity contribution in [2.24, 2.45) is 4.99 Å². The molecule has 0 unspecified atom stereocenters. The van der Waals surface area contributed by atoms with Crippen molar-refractivity contribution in [3.8, 4) is 0 Å². The van der Waals surface area contributed by atoms with Crippen molar-refractivity contribution in [1.29, 1.82) is 0 Å². The second-order valence-electron chi connectivity index (χ2n) is 6.25. The Balaban J connectivity index is 1.66. The van der Waals surface area contributed by atoms with Crippen LogP contribution >= 0.6 is 0 Å². The van der Waals surface area contributed by atoms with Gasteiger partial charge in [0.1, 0.15) is 5.65 Å². The number of rotatable bonds is 1. The number of anilines is 1. The number of aromatic nitrogens is 2. The zero-order valence-electron chi connectivity index (χ0n) is 13.6. The van der Waals surface area contributed by atoms with E-state index in [9.17, 15) is 4.79 Å². The topological polar surface area (TPSA) is 53.7 Å². The van der Waals surface area contributed by atoms with Gasteiger partial charge in [-0.05, 0) is 18.6 Å². The lowest BCUT2D eigenvalue weighted by Gasteiger charge is -2.35. The maximum absolute atomic E-state index is 11.5. The number of amides is 1. The summed E-state index contributed by atoms with van der Waals surface area (Å²) in [6.45, 7) is 8.80. The van der Waals surface area contributed by atoms with Crippen molar-refractivity contribution in [3.63, 3.8) is 0 Å². The van der Waals surface area contributed by atoms with E-state index in [1.807, 2.05) is 17.3 Å². The first-order chi connectivity index (χ1) is 11.1. The van der Waals surface area contributed by atoms with Crippen LogP contribution in [0.25, 0.3) is 11.0 Å². The van der Waals surface area contributed by atoms with Gasteiger partial charge in [-0.2, -0.15) is 0 Å². The van der Waals surface area contributed by atoms with Gasteiger partial charge >= 0.3 is 0 Å². The van der Waals surface area contributed by atoms with Crippen LogP contribution in [0.4, 0.5) is 5.69 Å². The van der Waals surface area contributed by atoms with E-state index in [4.69, 9.17) is 4.98 Å². The number of pyridine rings is 1. The van der Waals surface area contributed by atoms with Gasteiger partial charge in [0.15, 0.2) is 0 Å². The van der Waals surface area contributed by atoms with E-state index >= 15 is 0 Å². The number of nitrogens with zero attached hydrogens (tertiary/aromatic N) is 5. The number of carbonyl (C=O) groups is 1. The van der Waals surface area contributed by atoms with Crippen LogP contribution in [0, 0.1) is 6.92 Å². The van der Waals surface area contributed by atoms with E-state index < -0.39 is 0 Å². The molecule has 1 amide bonds. The maximum atomic E-state index is 11.5. The predicted molar refractivity (Wildman–Crippen MR) is 91.4 cm³/mol. The fourth-order valence-electron chi connectivity index (χ4n) is 3.55. The third kappa shape index (κ3) is 2.29. The molecule has 1 fully saturated rings. The SMILES string of the molecule is CC(=O)N1CCN(c2cnc3c(c2)c(C)c2n3CCN=C2)CC1. The Hall–Kier alpha value is -2.37. The van der Waals surface area contributed by atoms with E-state index in [-0.39, 0.29) is 5.91 Å². The lowest BCUT2D eigenvalue weighted by Crippen LogP contribution is -2.48. The molecule has 0 atom stereocenters. The molecule has 23 heavy (non-hydrogen) atoms. The smallest absolute Gasteiger partial charge is 0.219 e. The highest BCUT2D eigenvalue weighted by molar-refractivity contribution is 5.94. The summed E-state index contributed by atoms with van der Waals surface area (Å²) in [4.78, 5) is 24.8. The molecule has 4 rings (SSSR count). The second-order valence-corrected chi connectivity index (χ2v) is 6.25. The minimum atomic E-state index is 0.161. The molecule has 1 saturated heterocycles. The average Bonchev–Trinajstić information content (AvgIpc) is 2.88. The summed E-state index contributed by atoms with van der Waals surface area (Å²) in [5.74, 6) is 0.161. The highest BCUT2D eigenvalue weighted by Crippen LogP contribution is 2.28. The fraction of sp³-hybridized carbons (Fsp3) is 0.471. The molecule has 0 radical (unpaired) electrons.